The summed E-state index contributed by atoms with van der Waals surface area (Å²) in [5.41, 5.74) is 1.25. The van der Waals surface area contributed by atoms with Gasteiger partial charge in [0.2, 0.25) is 5.91 Å². The molecule has 2 rings (SSSR count). The molecule has 1 amide bonds. The van der Waals surface area contributed by atoms with Crippen molar-refractivity contribution in [3.05, 3.63) is 29.8 Å². The lowest BCUT2D eigenvalue weighted by atomic mass is 10.0. The molecule has 110 valence electrons. The van der Waals surface area contributed by atoms with E-state index in [1.54, 1.807) is 11.8 Å². The first-order chi connectivity index (χ1) is 9.61. The van der Waals surface area contributed by atoms with Gasteiger partial charge >= 0.3 is 0 Å². The maximum atomic E-state index is 12.2. The number of likely N-dealkylation sites (tertiary alicyclic amines) is 1. The number of nitrogens with zero attached hydrogens (tertiary/aromatic N) is 1. The quantitative estimate of drug-likeness (QED) is 0.849. The molecule has 1 fully saturated rings. The van der Waals surface area contributed by atoms with Gasteiger partial charge in [-0.1, -0.05) is 24.6 Å². The van der Waals surface area contributed by atoms with E-state index < -0.39 is 0 Å². The van der Waals surface area contributed by atoms with E-state index in [1.165, 1.54) is 10.5 Å². The summed E-state index contributed by atoms with van der Waals surface area (Å²) in [4.78, 5) is 15.3. The SMILES string of the molecule is Cc1ccc(SCCC(=O)N2CCC(C)C2CO)cc1. The Hall–Kier alpha value is -1.00. The van der Waals surface area contributed by atoms with Crippen LogP contribution in [0.25, 0.3) is 0 Å². The summed E-state index contributed by atoms with van der Waals surface area (Å²) in [5.74, 6) is 1.38. The van der Waals surface area contributed by atoms with Gasteiger partial charge in [0.25, 0.3) is 0 Å². The molecule has 4 heteroatoms. The molecule has 0 aromatic heterocycles. The topological polar surface area (TPSA) is 40.5 Å². The van der Waals surface area contributed by atoms with Gasteiger partial charge in [-0.2, -0.15) is 0 Å². The van der Waals surface area contributed by atoms with Crippen LogP contribution in [0.3, 0.4) is 0 Å². The number of carbonyl (C=O) groups is 1. The summed E-state index contributed by atoms with van der Waals surface area (Å²) in [6, 6.07) is 8.40. The van der Waals surface area contributed by atoms with Crippen LogP contribution in [-0.4, -0.2) is 40.9 Å². The van der Waals surface area contributed by atoms with Gasteiger partial charge < -0.3 is 10.0 Å². The summed E-state index contributed by atoms with van der Waals surface area (Å²) in [7, 11) is 0. The van der Waals surface area contributed by atoms with Crippen LogP contribution < -0.4 is 0 Å². The van der Waals surface area contributed by atoms with Crippen LogP contribution in [0, 0.1) is 12.8 Å². The number of aryl methyl sites for hydroxylation is 1. The molecule has 20 heavy (non-hydrogen) atoms. The fourth-order valence-corrected chi connectivity index (χ4v) is 3.47. The lowest BCUT2D eigenvalue weighted by Crippen LogP contribution is -2.39. The van der Waals surface area contributed by atoms with E-state index in [4.69, 9.17) is 0 Å². The molecular weight excluding hydrogens is 270 g/mol. The van der Waals surface area contributed by atoms with Gasteiger partial charge in [0.1, 0.15) is 0 Å². The van der Waals surface area contributed by atoms with E-state index in [1.807, 2.05) is 4.90 Å². The van der Waals surface area contributed by atoms with Gasteiger partial charge in [-0.05, 0) is 31.4 Å². The molecule has 0 saturated carbocycles. The van der Waals surface area contributed by atoms with Gasteiger partial charge in [0.05, 0.1) is 12.6 Å². The van der Waals surface area contributed by atoms with Gasteiger partial charge in [-0.25, -0.2) is 0 Å². The van der Waals surface area contributed by atoms with Crippen LogP contribution >= 0.6 is 11.8 Å². The Morgan fingerprint density at radius 1 is 1.40 bits per heavy atom. The average Bonchev–Trinajstić information content (AvgIpc) is 2.82. The van der Waals surface area contributed by atoms with Crippen molar-refractivity contribution in [3.8, 4) is 0 Å². The molecule has 1 aliphatic heterocycles. The Labute approximate surface area is 125 Å². The minimum Gasteiger partial charge on any atom is -0.394 e. The molecule has 0 spiro atoms. The Kier molecular flexibility index (Phi) is 5.49. The highest BCUT2D eigenvalue weighted by molar-refractivity contribution is 7.99. The third kappa shape index (κ3) is 3.76. The molecule has 1 saturated heterocycles. The second kappa shape index (κ2) is 7.14. The van der Waals surface area contributed by atoms with Crippen molar-refractivity contribution in [1.82, 2.24) is 4.90 Å². The standard InChI is InChI=1S/C16H23NO2S/c1-12-3-5-14(6-4-12)20-10-8-16(19)17-9-7-13(2)15(17)11-18/h3-6,13,15,18H,7-11H2,1-2H3. The third-order valence-corrected chi connectivity index (χ3v) is 5.01. The average molecular weight is 293 g/mol. The van der Waals surface area contributed by atoms with Crippen molar-refractivity contribution in [1.29, 1.82) is 0 Å². The third-order valence-electron chi connectivity index (χ3n) is 4.00. The lowest BCUT2D eigenvalue weighted by molar-refractivity contribution is -0.132. The summed E-state index contributed by atoms with van der Waals surface area (Å²) < 4.78 is 0. The minimum atomic E-state index is 0.0203. The van der Waals surface area contributed by atoms with Gasteiger partial charge in [0, 0.05) is 23.6 Å². The maximum Gasteiger partial charge on any atom is 0.223 e. The molecule has 1 aromatic carbocycles. The summed E-state index contributed by atoms with van der Waals surface area (Å²) in [6.07, 6.45) is 1.55. The predicted octanol–water partition coefficient (Wildman–Crippen LogP) is 2.71. The first-order valence-electron chi connectivity index (χ1n) is 7.21. The number of aliphatic hydroxyl groups is 1. The highest BCUT2D eigenvalue weighted by Gasteiger charge is 2.33. The van der Waals surface area contributed by atoms with Crippen molar-refractivity contribution < 1.29 is 9.90 Å². The van der Waals surface area contributed by atoms with E-state index in [2.05, 4.69) is 38.1 Å². The van der Waals surface area contributed by atoms with Crippen molar-refractivity contribution >= 4 is 17.7 Å². The Morgan fingerprint density at radius 2 is 2.10 bits per heavy atom. The summed E-state index contributed by atoms with van der Waals surface area (Å²) in [5, 5.41) is 9.39. The fourth-order valence-electron chi connectivity index (χ4n) is 2.63. The molecule has 2 unspecified atom stereocenters. The number of hydrogen-bond donors (Lipinski definition) is 1. The number of amides is 1. The molecule has 3 nitrogen and oxygen atoms in total. The number of rotatable bonds is 5. The smallest absolute Gasteiger partial charge is 0.223 e. The Morgan fingerprint density at radius 3 is 2.75 bits per heavy atom. The minimum absolute atomic E-state index is 0.0203. The van der Waals surface area contributed by atoms with Gasteiger partial charge in [0.15, 0.2) is 0 Å². The summed E-state index contributed by atoms with van der Waals surface area (Å²) >= 11 is 1.72. The predicted molar refractivity (Wildman–Crippen MR) is 82.9 cm³/mol. The zero-order chi connectivity index (χ0) is 14.5. The number of benzene rings is 1. The van der Waals surface area contributed by atoms with Crippen molar-refractivity contribution in [3.63, 3.8) is 0 Å². The zero-order valence-electron chi connectivity index (χ0n) is 12.2. The van der Waals surface area contributed by atoms with Crippen LogP contribution in [0.15, 0.2) is 29.2 Å². The van der Waals surface area contributed by atoms with Crippen LogP contribution in [0.5, 0.6) is 0 Å². The largest absolute Gasteiger partial charge is 0.394 e. The van der Waals surface area contributed by atoms with E-state index in [9.17, 15) is 9.90 Å². The van der Waals surface area contributed by atoms with Crippen molar-refractivity contribution in [2.24, 2.45) is 5.92 Å². The second-order valence-corrected chi connectivity index (χ2v) is 6.68. The molecule has 0 aliphatic carbocycles. The lowest BCUT2D eigenvalue weighted by Gasteiger charge is -2.25. The van der Waals surface area contributed by atoms with E-state index in [0.29, 0.717) is 12.3 Å². The number of carbonyl (C=O) groups excluding carboxylic acids is 1. The molecule has 1 aromatic rings. The number of aliphatic hydroxyl groups excluding tert-OH is 1. The second-order valence-electron chi connectivity index (χ2n) is 5.51. The normalized spacial score (nSPS) is 22.2. The number of thioether (sulfide) groups is 1. The molecule has 1 heterocycles. The Balaban J connectivity index is 1.79. The van der Waals surface area contributed by atoms with E-state index >= 15 is 0 Å². The molecular formula is C16H23NO2S. The summed E-state index contributed by atoms with van der Waals surface area (Å²) in [6.45, 7) is 5.05. The van der Waals surface area contributed by atoms with Crippen molar-refractivity contribution in [2.75, 3.05) is 18.9 Å². The van der Waals surface area contributed by atoms with E-state index in [0.717, 1.165) is 18.7 Å². The molecule has 0 bridgehead atoms. The fraction of sp³-hybridized carbons (Fsp3) is 0.562. The van der Waals surface area contributed by atoms with Crippen LogP contribution in [-0.2, 0) is 4.79 Å². The monoisotopic (exact) mass is 293 g/mol. The first kappa shape index (κ1) is 15.4. The molecule has 2 atom stereocenters. The van der Waals surface area contributed by atoms with E-state index in [-0.39, 0.29) is 18.6 Å². The molecule has 1 N–H and O–H groups in total. The van der Waals surface area contributed by atoms with Crippen LogP contribution in [0.2, 0.25) is 0 Å². The first-order valence-corrected chi connectivity index (χ1v) is 8.20. The maximum absolute atomic E-state index is 12.2. The molecule has 0 radical (unpaired) electrons. The van der Waals surface area contributed by atoms with Crippen LogP contribution in [0.4, 0.5) is 0 Å². The number of hydrogen-bond acceptors (Lipinski definition) is 3. The molecule has 1 aliphatic rings. The highest BCUT2D eigenvalue weighted by Crippen LogP contribution is 2.25. The van der Waals surface area contributed by atoms with Crippen molar-refractivity contribution in [2.45, 2.75) is 37.6 Å². The highest BCUT2D eigenvalue weighted by atomic mass is 32.2. The Bertz CT molecular complexity index is 446. The van der Waals surface area contributed by atoms with Crippen LogP contribution in [0.1, 0.15) is 25.3 Å². The van der Waals surface area contributed by atoms with Gasteiger partial charge in [-0.15, -0.1) is 11.8 Å². The van der Waals surface area contributed by atoms with Gasteiger partial charge in [-0.3, -0.25) is 4.79 Å². The zero-order valence-corrected chi connectivity index (χ0v) is 13.0.